The van der Waals surface area contributed by atoms with Crippen molar-refractivity contribution >= 4 is 33.8 Å². The smallest absolute Gasteiger partial charge is 0.278 e. The number of fused-ring (bicyclic) bond motifs is 1. The molecule has 1 atom stereocenters. The molecule has 0 saturated carbocycles. The molecule has 0 amide bonds. The highest BCUT2D eigenvalue weighted by Gasteiger charge is 2.41. The second-order valence-corrected chi connectivity index (χ2v) is 7.59. The van der Waals surface area contributed by atoms with Gasteiger partial charge in [-0.15, -0.1) is 12.4 Å². The van der Waals surface area contributed by atoms with E-state index >= 15 is 0 Å². The Kier molecular flexibility index (Phi) is 6.44. The average Bonchev–Trinajstić information content (AvgIpc) is 2.57. The van der Waals surface area contributed by atoms with Crippen LogP contribution in [0.4, 0.5) is 20.2 Å². The molecule has 0 aromatic heterocycles. The third-order valence-corrected chi connectivity index (χ3v) is 5.82. The molecule has 1 aliphatic rings. The molecule has 1 heterocycles. The van der Waals surface area contributed by atoms with Gasteiger partial charge in [0, 0.05) is 12.5 Å². The molecule has 142 valence electrons. The Bertz CT molecular complexity index is 880. The van der Waals surface area contributed by atoms with Gasteiger partial charge in [0.15, 0.2) is 0 Å². The number of rotatable bonds is 5. The van der Waals surface area contributed by atoms with Crippen molar-refractivity contribution < 1.29 is 21.9 Å². The molecule has 0 unspecified atom stereocenters. The van der Waals surface area contributed by atoms with Gasteiger partial charge in [-0.05, 0) is 44.3 Å². The van der Waals surface area contributed by atoms with E-state index in [2.05, 4.69) is 5.32 Å². The Labute approximate surface area is 157 Å². The number of nitrogens with zero attached hydrogens (tertiary/aromatic N) is 1. The molecule has 0 spiro atoms. The molecule has 5 nitrogen and oxygen atoms in total. The van der Waals surface area contributed by atoms with Gasteiger partial charge in [-0.1, -0.05) is 12.1 Å². The first kappa shape index (κ1) is 20.4. The Hall–Kier alpha value is -1.90. The number of halogens is 3. The zero-order chi connectivity index (χ0) is 18.0. The van der Waals surface area contributed by atoms with Crippen molar-refractivity contribution in [2.45, 2.75) is 18.3 Å². The number of para-hydroxylation sites is 1. The van der Waals surface area contributed by atoms with Crippen LogP contribution in [0.15, 0.2) is 42.5 Å². The number of nitrogens with one attached hydrogen (secondary N) is 1. The molecular formula is C17H19ClF2N2O3S. The van der Waals surface area contributed by atoms with Crippen molar-refractivity contribution in [2.75, 3.05) is 17.9 Å². The third-order valence-electron chi connectivity index (χ3n) is 3.92. The van der Waals surface area contributed by atoms with Crippen molar-refractivity contribution in [3.63, 3.8) is 0 Å². The summed E-state index contributed by atoms with van der Waals surface area (Å²) in [5.41, 5.74) is -1.23. The number of ether oxygens (including phenoxy) is 1. The highest BCUT2D eigenvalue weighted by molar-refractivity contribution is 7.93. The third kappa shape index (κ3) is 3.77. The monoisotopic (exact) mass is 404 g/mol. The highest BCUT2D eigenvalue weighted by atomic mass is 35.5. The average molecular weight is 405 g/mol. The van der Waals surface area contributed by atoms with E-state index in [9.17, 15) is 17.2 Å². The number of hydrogen-bond acceptors (Lipinski definition) is 4. The summed E-state index contributed by atoms with van der Waals surface area (Å²) in [5, 5.41) is 2.93. The molecular weight excluding hydrogens is 386 g/mol. The van der Waals surface area contributed by atoms with E-state index in [1.54, 1.807) is 13.1 Å². The molecule has 0 aliphatic carbocycles. The number of benzene rings is 2. The van der Waals surface area contributed by atoms with Crippen LogP contribution in [0.1, 0.15) is 12.8 Å². The summed E-state index contributed by atoms with van der Waals surface area (Å²) in [6.45, 7) is 0.602. The summed E-state index contributed by atoms with van der Waals surface area (Å²) in [5.74, 6) is -1.16. The van der Waals surface area contributed by atoms with Crippen molar-refractivity contribution in [3.8, 4) is 5.75 Å². The van der Waals surface area contributed by atoms with Gasteiger partial charge in [0.25, 0.3) is 10.0 Å². The lowest BCUT2D eigenvalue weighted by Crippen LogP contribution is -2.43. The Morgan fingerprint density at radius 1 is 1.15 bits per heavy atom. The first-order valence-electron chi connectivity index (χ1n) is 7.84. The summed E-state index contributed by atoms with van der Waals surface area (Å²) < 4.78 is 60.4. The van der Waals surface area contributed by atoms with Gasteiger partial charge in [0.05, 0.1) is 11.4 Å². The fourth-order valence-corrected chi connectivity index (χ4v) is 4.52. The van der Waals surface area contributed by atoms with Crippen LogP contribution in [-0.2, 0) is 10.0 Å². The van der Waals surface area contributed by atoms with Crippen molar-refractivity contribution in [1.29, 1.82) is 0 Å². The second-order valence-electron chi connectivity index (χ2n) is 5.67. The number of anilines is 2. The van der Waals surface area contributed by atoms with E-state index < -0.39 is 27.1 Å². The normalized spacial score (nSPS) is 17.8. The second kappa shape index (κ2) is 8.20. The molecule has 1 N–H and O–H groups in total. The van der Waals surface area contributed by atoms with Crippen LogP contribution >= 0.6 is 12.4 Å². The molecule has 2 aromatic rings. The van der Waals surface area contributed by atoms with E-state index in [1.807, 2.05) is 0 Å². The zero-order valence-corrected chi connectivity index (χ0v) is 15.6. The molecule has 0 fully saturated rings. The van der Waals surface area contributed by atoms with Crippen LogP contribution < -0.4 is 14.4 Å². The van der Waals surface area contributed by atoms with Crippen molar-refractivity contribution in [2.24, 2.45) is 0 Å². The molecule has 0 saturated heterocycles. The molecule has 1 aliphatic heterocycles. The van der Waals surface area contributed by atoms with Crippen LogP contribution in [0.3, 0.4) is 0 Å². The minimum absolute atomic E-state index is 0. The minimum Gasteiger partial charge on any atom is -0.470 e. The molecule has 0 radical (unpaired) electrons. The standard InChI is InChI=1S/C17H18F2N2O3S.ClH/c1-20-10-4-7-17-24-16-11-12(18)8-9-15(16)21(25(17,22)23)14-6-3-2-5-13(14)19;/h2-3,5-6,8-9,11,17,20H,4,7,10H2,1H3;1H/t17-;/m1./s1. The summed E-state index contributed by atoms with van der Waals surface area (Å²) in [7, 11) is -2.27. The van der Waals surface area contributed by atoms with Crippen LogP contribution in [-0.4, -0.2) is 27.4 Å². The fraction of sp³-hybridized carbons (Fsp3) is 0.294. The van der Waals surface area contributed by atoms with Gasteiger partial charge < -0.3 is 10.1 Å². The van der Waals surface area contributed by atoms with Gasteiger partial charge >= 0.3 is 0 Å². The summed E-state index contributed by atoms with van der Waals surface area (Å²) in [6.07, 6.45) is 0.736. The predicted octanol–water partition coefficient (Wildman–Crippen LogP) is 3.57. The highest BCUT2D eigenvalue weighted by Crippen LogP contribution is 2.44. The molecule has 3 rings (SSSR count). The van der Waals surface area contributed by atoms with Crippen LogP contribution in [0.5, 0.6) is 5.75 Å². The lowest BCUT2D eigenvalue weighted by Gasteiger charge is -2.35. The van der Waals surface area contributed by atoms with Gasteiger partial charge in [-0.3, -0.25) is 0 Å². The van der Waals surface area contributed by atoms with Gasteiger partial charge in [0.2, 0.25) is 5.44 Å². The van der Waals surface area contributed by atoms with E-state index in [0.29, 0.717) is 13.0 Å². The van der Waals surface area contributed by atoms with Gasteiger partial charge in [-0.2, -0.15) is 0 Å². The Balaban J connectivity index is 0.00000243. The van der Waals surface area contributed by atoms with Crippen molar-refractivity contribution in [1.82, 2.24) is 5.32 Å². The van der Waals surface area contributed by atoms with Gasteiger partial charge in [0.1, 0.15) is 17.4 Å². The maximum atomic E-state index is 14.3. The largest absolute Gasteiger partial charge is 0.470 e. The Morgan fingerprint density at radius 2 is 1.88 bits per heavy atom. The maximum absolute atomic E-state index is 14.3. The first-order valence-corrected chi connectivity index (χ1v) is 9.35. The lowest BCUT2D eigenvalue weighted by atomic mass is 10.2. The quantitative estimate of drug-likeness (QED) is 0.774. The SMILES string of the molecule is CNCCC[C@@H]1Oc2cc(F)ccc2N(c2ccccc2F)S1(=O)=O.Cl. The fourth-order valence-electron chi connectivity index (χ4n) is 2.74. The number of hydrogen-bond donors (Lipinski definition) is 1. The number of sulfonamides is 1. The molecule has 0 bridgehead atoms. The maximum Gasteiger partial charge on any atom is 0.278 e. The predicted molar refractivity (Wildman–Crippen MR) is 98.7 cm³/mol. The topological polar surface area (TPSA) is 58.6 Å². The molecule has 2 aromatic carbocycles. The lowest BCUT2D eigenvalue weighted by molar-refractivity contribution is 0.253. The summed E-state index contributed by atoms with van der Waals surface area (Å²) in [4.78, 5) is 0. The van der Waals surface area contributed by atoms with Crippen LogP contribution in [0, 0.1) is 11.6 Å². The van der Waals surface area contributed by atoms with Crippen LogP contribution in [0.25, 0.3) is 0 Å². The van der Waals surface area contributed by atoms with E-state index in [1.165, 1.54) is 24.3 Å². The minimum atomic E-state index is -4.03. The van der Waals surface area contributed by atoms with E-state index in [-0.39, 0.29) is 36.0 Å². The molecule has 9 heteroatoms. The van der Waals surface area contributed by atoms with Gasteiger partial charge in [-0.25, -0.2) is 21.5 Å². The summed E-state index contributed by atoms with van der Waals surface area (Å²) in [6, 6.07) is 9.08. The zero-order valence-electron chi connectivity index (χ0n) is 14.0. The molecule has 26 heavy (non-hydrogen) atoms. The van der Waals surface area contributed by atoms with Crippen molar-refractivity contribution in [3.05, 3.63) is 54.1 Å². The first-order chi connectivity index (χ1) is 11.9. The van der Waals surface area contributed by atoms with Crippen LogP contribution in [0.2, 0.25) is 0 Å². The van der Waals surface area contributed by atoms with E-state index in [4.69, 9.17) is 4.74 Å². The Morgan fingerprint density at radius 3 is 2.58 bits per heavy atom. The van der Waals surface area contributed by atoms with E-state index in [0.717, 1.165) is 16.4 Å². The summed E-state index contributed by atoms with van der Waals surface area (Å²) >= 11 is 0.